The highest BCUT2D eigenvalue weighted by molar-refractivity contribution is 5.88. The van der Waals surface area contributed by atoms with E-state index in [1.54, 1.807) is 6.92 Å². The van der Waals surface area contributed by atoms with Crippen molar-refractivity contribution in [3.63, 3.8) is 0 Å². The fourth-order valence-corrected chi connectivity index (χ4v) is 0.825. The zero-order valence-electron chi connectivity index (χ0n) is 6.58. The smallest absolute Gasteiger partial charge is 0.359 e. The summed E-state index contributed by atoms with van der Waals surface area (Å²) in [5, 5.41) is 0. The van der Waals surface area contributed by atoms with Gasteiger partial charge >= 0.3 is 5.97 Å². The van der Waals surface area contributed by atoms with E-state index >= 15 is 0 Å². The van der Waals surface area contributed by atoms with Gasteiger partial charge in [0.2, 0.25) is 0 Å². The molecule has 1 aromatic rings. The second kappa shape index (κ2) is 3.25. The van der Waals surface area contributed by atoms with E-state index in [9.17, 15) is 9.18 Å². The lowest BCUT2D eigenvalue weighted by Crippen LogP contribution is -2.18. The van der Waals surface area contributed by atoms with Gasteiger partial charge in [0.1, 0.15) is 0 Å². The average Bonchev–Trinajstić information content (AvgIpc) is 2.32. The SMILES string of the molecule is CCOC(=O)c1c(F)ccn1N. The molecule has 2 N–H and O–H groups in total. The van der Waals surface area contributed by atoms with Crippen molar-refractivity contribution in [2.24, 2.45) is 0 Å². The fraction of sp³-hybridized carbons (Fsp3) is 0.286. The molecule has 12 heavy (non-hydrogen) atoms. The first kappa shape index (κ1) is 8.58. The number of carbonyl (C=O) groups excluding carboxylic acids is 1. The molecule has 0 atom stereocenters. The van der Waals surface area contributed by atoms with Crippen LogP contribution in [0.4, 0.5) is 4.39 Å². The van der Waals surface area contributed by atoms with E-state index in [0.29, 0.717) is 0 Å². The second-order valence-electron chi connectivity index (χ2n) is 2.14. The molecule has 1 heterocycles. The molecule has 1 rings (SSSR count). The standard InChI is InChI=1S/C7H9FN2O2/c1-2-12-7(11)6-5(8)3-4-10(6)9/h3-4H,2,9H2,1H3. The maximum atomic E-state index is 12.8. The number of carbonyl (C=O) groups is 1. The minimum absolute atomic E-state index is 0.198. The van der Waals surface area contributed by atoms with E-state index in [0.717, 1.165) is 10.7 Å². The van der Waals surface area contributed by atoms with Crippen molar-refractivity contribution in [3.05, 3.63) is 23.8 Å². The Morgan fingerprint density at radius 3 is 2.92 bits per heavy atom. The molecule has 0 aliphatic rings. The average molecular weight is 172 g/mol. The van der Waals surface area contributed by atoms with Crippen molar-refractivity contribution >= 4 is 5.97 Å². The molecule has 1 aromatic heterocycles. The first-order chi connectivity index (χ1) is 5.66. The predicted octanol–water partition coefficient (Wildman–Crippen LogP) is 0.518. The number of halogens is 1. The number of nitrogens with two attached hydrogens (primary N) is 1. The van der Waals surface area contributed by atoms with Gasteiger partial charge in [-0.15, -0.1) is 0 Å². The molecule has 0 bridgehead atoms. The van der Waals surface area contributed by atoms with E-state index in [1.165, 1.54) is 6.20 Å². The molecule has 0 radical (unpaired) electrons. The molecule has 4 nitrogen and oxygen atoms in total. The van der Waals surface area contributed by atoms with Crippen molar-refractivity contribution in [1.29, 1.82) is 0 Å². The number of rotatable bonds is 2. The van der Waals surface area contributed by atoms with Crippen LogP contribution >= 0.6 is 0 Å². The molecule has 0 fully saturated rings. The summed E-state index contributed by atoms with van der Waals surface area (Å²) in [7, 11) is 0. The summed E-state index contributed by atoms with van der Waals surface area (Å²) in [4.78, 5) is 11.0. The lowest BCUT2D eigenvalue weighted by molar-refractivity contribution is 0.0510. The first-order valence-electron chi connectivity index (χ1n) is 3.46. The molecule has 0 amide bonds. The van der Waals surface area contributed by atoms with Gasteiger partial charge in [0.25, 0.3) is 0 Å². The van der Waals surface area contributed by atoms with E-state index in [4.69, 9.17) is 5.84 Å². The summed E-state index contributed by atoms with van der Waals surface area (Å²) in [6, 6.07) is 1.10. The van der Waals surface area contributed by atoms with Crippen LogP contribution in [0.3, 0.4) is 0 Å². The molecule has 0 unspecified atom stereocenters. The normalized spacial score (nSPS) is 9.83. The summed E-state index contributed by atoms with van der Waals surface area (Å²) < 4.78 is 18.2. The Bertz CT molecular complexity index is 276. The molecular weight excluding hydrogens is 163 g/mol. The number of hydrogen-bond donors (Lipinski definition) is 1. The van der Waals surface area contributed by atoms with Gasteiger partial charge in [-0.1, -0.05) is 0 Å². The van der Waals surface area contributed by atoms with Crippen LogP contribution in [0.2, 0.25) is 0 Å². The predicted molar refractivity (Wildman–Crippen MR) is 40.5 cm³/mol. The van der Waals surface area contributed by atoms with Crippen LogP contribution in [0.15, 0.2) is 12.3 Å². The zero-order chi connectivity index (χ0) is 9.14. The van der Waals surface area contributed by atoms with Gasteiger partial charge in [0, 0.05) is 6.20 Å². The molecule has 0 saturated heterocycles. The third kappa shape index (κ3) is 1.39. The van der Waals surface area contributed by atoms with E-state index in [2.05, 4.69) is 4.74 Å². The Morgan fingerprint density at radius 1 is 1.83 bits per heavy atom. The monoisotopic (exact) mass is 172 g/mol. The maximum absolute atomic E-state index is 12.8. The van der Waals surface area contributed by atoms with Gasteiger partial charge in [0.05, 0.1) is 6.61 Å². The lowest BCUT2D eigenvalue weighted by Gasteiger charge is -2.02. The van der Waals surface area contributed by atoms with Gasteiger partial charge in [-0.25, -0.2) is 9.18 Å². The Morgan fingerprint density at radius 2 is 2.50 bits per heavy atom. The quantitative estimate of drug-likeness (QED) is 0.522. The molecule has 0 aliphatic heterocycles. The maximum Gasteiger partial charge on any atom is 0.359 e. The third-order valence-corrected chi connectivity index (χ3v) is 1.33. The topological polar surface area (TPSA) is 57.2 Å². The summed E-state index contributed by atoms with van der Waals surface area (Å²) >= 11 is 0. The highest BCUT2D eigenvalue weighted by atomic mass is 19.1. The molecule has 0 aliphatic carbocycles. The zero-order valence-corrected chi connectivity index (χ0v) is 6.58. The van der Waals surface area contributed by atoms with Crippen LogP contribution in [0, 0.1) is 5.82 Å². The lowest BCUT2D eigenvalue weighted by atomic mass is 10.4. The van der Waals surface area contributed by atoms with Crippen LogP contribution in [0.5, 0.6) is 0 Å². The van der Waals surface area contributed by atoms with Crippen molar-refractivity contribution in [2.75, 3.05) is 12.4 Å². The number of esters is 1. The van der Waals surface area contributed by atoms with Gasteiger partial charge in [-0.2, -0.15) is 0 Å². The Balaban J connectivity index is 2.93. The van der Waals surface area contributed by atoms with Crippen molar-refractivity contribution < 1.29 is 13.9 Å². The minimum Gasteiger partial charge on any atom is -0.461 e. The summed E-state index contributed by atoms with van der Waals surface area (Å²) in [6.45, 7) is 1.84. The summed E-state index contributed by atoms with van der Waals surface area (Å²) in [6.07, 6.45) is 1.25. The summed E-state index contributed by atoms with van der Waals surface area (Å²) in [5.74, 6) is 3.83. The van der Waals surface area contributed by atoms with Crippen molar-refractivity contribution in [1.82, 2.24) is 4.68 Å². The molecule has 66 valence electrons. The van der Waals surface area contributed by atoms with Crippen molar-refractivity contribution in [3.8, 4) is 0 Å². The highest BCUT2D eigenvalue weighted by Gasteiger charge is 2.16. The van der Waals surface area contributed by atoms with Gasteiger partial charge in [0.15, 0.2) is 11.5 Å². The van der Waals surface area contributed by atoms with Crippen molar-refractivity contribution in [2.45, 2.75) is 6.92 Å². The molecule has 5 heteroatoms. The number of aromatic nitrogens is 1. The third-order valence-electron chi connectivity index (χ3n) is 1.33. The summed E-state index contributed by atoms with van der Waals surface area (Å²) in [5.41, 5.74) is -0.253. The number of nitrogen functional groups attached to an aromatic ring is 1. The van der Waals surface area contributed by atoms with Crippen LogP contribution < -0.4 is 5.84 Å². The molecule has 0 saturated carbocycles. The Kier molecular flexibility index (Phi) is 2.32. The number of hydrogen-bond acceptors (Lipinski definition) is 3. The van der Waals surface area contributed by atoms with Gasteiger partial charge in [-0.05, 0) is 13.0 Å². The molecule has 0 aromatic carbocycles. The fourth-order valence-electron chi connectivity index (χ4n) is 0.825. The Hall–Kier alpha value is -1.52. The Labute approximate surface area is 68.7 Å². The highest BCUT2D eigenvalue weighted by Crippen LogP contribution is 2.07. The van der Waals surface area contributed by atoms with Gasteiger partial charge < -0.3 is 10.6 Å². The largest absolute Gasteiger partial charge is 0.461 e. The number of nitrogens with zero attached hydrogens (tertiary/aromatic N) is 1. The van der Waals surface area contributed by atoms with Crippen LogP contribution in [-0.4, -0.2) is 17.3 Å². The van der Waals surface area contributed by atoms with Crippen LogP contribution in [0.1, 0.15) is 17.4 Å². The molecule has 0 spiro atoms. The second-order valence-corrected chi connectivity index (χ2v) is 2.14. The number of ether oxygens (including phenoxy) is 1. The minimum atomic E-state index is -0.748. The molecular formula is C7H9FN2O2. The van der Waals surface area contributed by atoms with E-state index in [-0.39, 0.29) is 12.3 Å². The first-order valence-corrected chi connectivity index (χ1v) is 3.46. The van der Waals surface area contributed by atoms with E-state index in [1.807, 2.05) is 0 Å². The van der Waals surface area contributed by atoms with Crippen LogP contribution in [-0.2, 0) is 4.74 Å². The van der Waals surface area contributed by atoms with Gasteiger partial charge in [-0.3, -0.25) is 4.68 Å². The van der Waals surface area contributed by atoms with Crippen LogP contribution in [0.25, 0.3) is 0 Å². The van der Waals surface area contributed by atoms with E-state index < -0.39 is 11.8 Å².